The van der Waals surface area contributed by atoms with Gasteiger partial charge in [0, 0.05) is 11.6 Å². The van der Waals surface area contributed by atoms with Crippen LogP contribution in [0.2, 0.25) is 0 Å². The van der Waals surface area contributed by atoms with Crippen molar-refractivity contribution in [1.82, 2.24) is 5.73 Å². The Morgan fingerprint density at radius 2 is 1.71 bits per heavy atom. The van der Waals surface area contributed by atoms with Crippen LogP contribution >= 0.6 is 0 Å². The maximum atomic E-state index is 7.72. The third-order valence-corrected chi connectivity index (χ3v) is 1.98. The van der Waals surface area contributed by atoms with Gasteiger partial charge in [0.05, 0.1) is 19.9 Å². The number of benzene rings is 1. The van der Waals surface area contributed by atoms with Crippen molar-refractivity contribution >= 4 is 11.3 Å². The number of ether oxygens (including phenoxy) is 2. The first kappa shape index (κ1) is 10.4. The van der Waals surface area contributed by atoms with Crippen molar-refractivity contribution < 1.29 is 9.47 Å². The second-order valence-electron chi connectivity index (χ2n) is 3.03. The van der Waals surface area contributed by atoms with E-state index in [-0.39, 0.29) is 0 Å². The van der Waals surface area contributed by atoms with Gasteiger partial charge in [0.25, 0.3) is 0 Å². The summed E-state index contributed by atoms with van der Waals surface area (Å²) >= 11 is 0. The topological polar surface area (TPSA) is 42.3 Å². The van der Waals surface area contributed by atoms with Crippen LogP contribution in [0.25, 0.3) is 5.57 Å². The molecular formula is C11H14NO2. The molecule has 0 atom stereocenters. The van der Waals surface area contributed by atoms with E-state index >= 15 is 0 Å². The molecular weight excluding hydrogens is 178 g/mol. The van der Waals surface area contributed by atoms with Gasteiger partial charge in [0.2, 0.25) is 0 Å². The predicted octanol–water partition coefficient (Wildman–Crippen LogP) is 2.65. The lowest BCUT2D eigenvalue weighted by atomic mass is 10.1. The Kier molecular flexibility index (Phi) is 3.02. The van der Waals surface area contributed by atoms with Crippen LogP contribution < -0.4 is 15.2 Å². The van der Waals surface area contributed by atoms with Crippen LogP contribution in [0.1, 0.15) is 12.5 Å². The van der Waals surface area contributed by atoms with Gasteiger partial charge in [-0.05, 0) is 18.6 Å². The lowest BCUT2D eigenvalue weighted by Gasteiger charge is -2.11. The Morgan fingerprint density at radius 3 is 2.14 bits per heavy atom. The summed E-state index contributed by atoms with van der Waals surface area (Å²) in [4.78, 5) is 0. The Morgan fingerprint density at radius 1 is 1.21 bits per heavy atom. The van der Waals surface area contributed by atoms with Gasteiger partial charge in [-0.3, -0.25) is 0 Å². The molecule has 0 spiro atoms. The maximum Gasteiger partial charge on any atom is 0.162 e. The summed E-state index contributed by atoms with van der Waals surface area (Å²) in [5.74, 6) is 1.20. The zero-order valence-electron chi connectivity index (χ0n) is 8.68. The van der Waals surface area contributed by atoms with Crippen LogP contribution in [-0.2, 0) is 0 Å². The molecule has 0 fully saturated rings. The SMILES string of the molecule is C=C(C)c1cc(OC)c(OC)cc1[NH]. The lowest BCUT2D eigenvalue weighted by molar-refractivity contribution is 0.355. The monoisotopic (exact) mass is 192 g/mol. The van der Waals surface area contributed by atoms with Crippen molar-refractivity contribution in [3.8, 4) is 11.5 Å². The van der Waals surface area contributed by atoms with E-state index in [1.54, 1.807) is 26.4 Å². The average Bonchev–Trinajstić information content (AvgIpc) is 2.16. The van der Waals surface area contributed by atoms with E-state index in [2.05, 4.69) is 6.58 Å². The van der Waals surface area contributed by atoms with E-state index in [9.17, 15) is 0 Å². The van der Waals surface area contributed by atoms with Crippen molar-refractivity contribution in [2.45, 2.75) is 6.92 Å². The van der Waals surface area contributed by atoms with Crippen molar-refractivity contribution in [3.05, 3.63) is 24.3 Å². The lowest BCUT2D eigenvalue weighted by Crippen LogP contribution is -1.93. The van der Waals surface area contributed by atoms with E-state index < -0.39 is 0 Å². The second kappa shape index (κ2) is 4.05. The largest absolute Gasteiger partial charge is 0.493 e. The molecule has 0 aliphatic heterocycles. The number of hydrogen-bond acceptors (Lipinski definition) is 2. The molecule has 0 aliphatic rings. The van der Waals surface area contributed by atoms with Crippen LogP contribution in [-0.4, -0.2) is 14.2 Å². The zero-order valence-corrected chi connectivity index (χ0v) is 8.68. The van der Waals surface area contributed by atoms with Gasteiger partial charge in [0.15, 0.2) is 11.5 Å². The summed E-state index contributed by atoms with van der Waals surface area (Å²) in [6, 6.07) is 3.40. The highest BCUT2D eigenvalue weighted by atomic mass is 16.5. The first-order valence-corrected chi connectivity index (χ1v) is 4.23. The van der Waals surface area contributed by atoms with Gasteiger partial charge in [0.1, 0.15) is 0 Å². The number of methoxy groups -OCH3 is 2. The van der Waals surface area contributed by atoms with Crippen LogP contribution in [0.5, 0.6) is 11.5 Å². The first-order valence-electron chi connectivity index (χ1n) is 4.23. The summed E-state index contributed by atoms with van der Waals surface area (Å²) in [5, 5.41) is 0. The number of hydrogen-bond donors (Lipinski definition) is 0. The Hall–Kier alpha value is -1.64. The number of allylic oxidation sites excluding steroid dienone is 1. The van der Waals surface area contributed by atoms with Crippen LogP contribution in [0.3, 0.4) is 0 Å². The minimum Gasteiger partial charge on any atom is -0.493 e. The molecule has 0 bridgehead atoms. The highest BCUT2D eigenvalue weighted by Crippen LogP contribution is 2.34. The smallest absolute Gasteiger partial charge is 0.162 e. The molecule has 0 aliphatic carbocycles. The molecule has 1 radical (unpaired) electrons. The summed E-state index contributed by atoms with van der Waals surface area (Å²) in [6.07, 6.45) is 0. The summed E-state index contributed by atoms with van der Waals surface area (Å²) in [7, 11) is 3.13. The maximum absolute atomic E-state index is 7.72. The molecule has 14 heavy (non-hydrogen) atoms. The highest BCUT2D eigenvalue weighted by molar-refractivity contribution is 5.74. The van der Waals surface area contributed by atoms with Gasteiger partial charge in [-0.25, -0.2) is 0 Å². The fraction of sp³-hybridized carbons (Fsp3) is 0.273. The Balaban J connectivity index is 3.30. The standard InChI is InChI=1S/C11H14NO2/c1-7(2)8-5-10(13-3)11(14-4)6-9(8)12/h5-6,12H,1H2,2-4H3. The van der Waals surface area contributed by atoms with Gasteiger partial charge in [-0.1, -0.05) is 6.58 Å². The van der Waals surface area contributed by atoms with Crippen molar-refractivity contribution in [2.75, 3.05) is 14.2 Å². The Bertz CT molecular complexity index is 359. The minimum absolute atomic E-state index is 0.398. The molecule has 3 nitrogen and oxygen atoms in total. The molecule has 1 rings (SSSR count). The second-order valence-corrected chi connectivity index (χ2v) is 3.03. The van der Waals surface area contributed by atoms with Crippen LogP contribution in [0, 0.1) is 0 Å². The molecule has 3 heteroatoms. The van der Waals surface area contributed by atoms with E-state index in [0.717, 1.165) is 11.1 Å². The molecule has 1 aromatic rings. The molecule has 0 amide bonds. The van der Waals surface area contributed by atoms with Crippen molar-refractivity contribution in [3.63, 3.8) is 0 Å². The predicted molar refractivity (Wildman–Crippen MR) is 57.0 cm³/mol. The van der Waals surface area contributed by atoms with Crippen molar-refractivity contribution in [2.24, 2.45) is 0 Å². The fourth-order valence-corrected chi connectivity index (χ4v) is 1.23. The molecule has 0 saturated carbocycles. The Labute approximate surface area is 84.1 Å². The van der Waals surface area contributed by atoms with Gasteiger partial charge in [-0.15, -0.1) is 0 Å². The number of nitrogens with one attached hydrogen (secondary N) is 1. The highest BCUT2D eigenvalue weighted by Gasteiger charge is 2.09. The molecule has 1 N–H and O–H groups in total. The molecule has 0 saturated heterocycles. The van der Waals surface area contributed by atoms with Gasteiger partial charge in [-0.2, -0.15) is 0 Å². The average molecular weight is 192 g/mol. The summed E-state index contributed by atoms with van der Waals surface area (Å²) in [5.41, 5.74) is 9.74. The van der Waals surface area contributed by atoms with E-state index in [0.29, 0.717) is 17.2 Å². The van der Waals surface area contributed by atoms with E-state index in [4.69, 9.17) is 15.2 Å². The van der Waals surface area contributed by atoms with E-state index in [1.165, 1.54) is 0 Å². The number of rotatable bonds is 3. The van der Waals surface area contributed by atoms with Crippen LogP contribution in [0.15, 0.2) is 18.7 Å². The summed E-state index contributed by atoms with van der Waals surface area (Å²) < 4.78 is 10.2. The molecule has 75 valence electrons. The molecule has 0 unspecified atom stereocenters. The third kappa shape index (κ3) is 1.82. The third-order valence-electron chi connectivity index (χ3n) is 1.98. The van der Waals surface area contributed by atoms with E-state index in [1.807, 2.05) is 6.92 Å². The molecule has 0 aromatic heterocycles. The van der Waals surface area contributed by atoms with Gasteiger partial charge < -0.3 is 15.2 Å². The normalized spacial score (nSPS) is 9.64. The molecule has 1 aromatic carbocycles. The fourth-order valence-electron chi connectivity index (χ4n) is 1.23. The summed E-state index contributed by atoms with van der Waals surface area (Å²) in [6.45, 7) is 5.66. The van der Waals surface area contributed by atoms with Gasteiger partial charge >= 0.3 is 0 Å². The molecule has 0 heterocycles. The minimum atomic E-state index is 0.398. The van der Waals surface area contributed by atoms with Crippen LogP contribution in [0.4, 0.5) is 5.69 Å². The first-order chi connectivity index (χ1) is 6.60. The van der Waals surface area contributed by atoms with Crippen molar-refractivity contribution in [1.29, 1.82) is 0 Å². The quantitative estimate of drug-likeness (QED) is 0.738. The zero-order chi connectivity index (χ0) is 10.7.